The Hall–Kier alpha value is -1.35. The number of aromatic nitrogens is 1. The molecule has 0 saturated heterocycles. The van der Waals surface area contributed by atoms with Gasteiger partial charge in [-0.25, -0.2) is 22.2 Å². The van der Waals surface area contributed by atoms with Crippen LogP contribution < -0.4 is 0 Å². The van der Waals surface area contributed by atoms with Gasteiger partial charge in [-0.15, -0.1) is 0 Å². The third kappa shape index (κ3) is 2.86. The van der Waals surface area contributed by atoms with Crippen molar-refractivity contribution in [1.29, 1.82) is 0 Å². The lowest BCUT2D eigenvalue weighted by Crippen LogP contribution is -2.07. The summed E-state index contributed by atoms with van der Waals surface area (Å²) < 4.78 is 46.8. The fourth-order valence-electron chi connectivity index (χ4n) is 1.17. The Labute approximate surface area is 98.8 Å². The van der Waals surface area contributed by atoms with Crippen molar-refractivity contribution in [3.63, 3.8) is 0 Å². The molecule has 0 spiro atoms. The van der Waals surface area contributed by atoms with Gasteiger partial charge >= 0.3 is 5.69 Å². The molecular weight excluding hydrogens is 282 g/mol. The average Bonchev–Trinajstić information content (AvgIpc) is 2.14. The van der Waals surface area contributed by atoms with E-state index in [2.05, 4.69) is 4.98 Å². The summed E-state index contributed by atoms with van der Waals surface area (Å²) in [6, 6.07) is 0.744. The van der Waals surface area contributed by atoms with E-state index in [1.54, 1.807) is 0 Å². The maximum atomic E-state index is 12.4. The monoisotopic (exact) mass is 286 g/mol. The largest absolute Gasteiger partial charge is 0.310 e. The van der Waals surface area contributed by atoms with Gasteiger partial charge < -0.3 is 0 Å². The first kappa shape index (κ1) is 13.7. The van der Waals surface area contributed by atoms with Crippen LogP contribution in [-0.4, -0.2) is 18.3 Å². The molecule has 0 N–H and O–H groups in total. The van der Waals surface area contributed by atoms with Gasteiger partial charge in [0.2, 0.25) is 5.03 Å². The van der Waals surface area contributed by atoms with E-state index in [1.807, 2.05) is 0 Å². The van der Waals surface area contributed by atoms with Crippen LogP contribution in [0.25, 0.3) is 0 Å². The smallest absolute Gasteiger partial charge is 0.258 e. The maximum absolute atomic E-state index is 12.4. The van der Waals surface area contributed by atoms with Crippen LogP contribution in [0.2, 0.25) is 0 Å². The number of nitro groups is 1. The number of hydrogen-bond donors (Lipinski definition) is 0. The molecule has 1 heterocycles. The summed E-state index contributed by atoms with van der Waals surface area (Å²) >= 11 is 0. The second-order valence-corrected chi connectivity index (χ2v) is 5.49. The summed E-state index contributed by atoms with van der Waals surface area (Å²) in [7, 11) is 0.346. The van der Waals surface area contributed by atoms with Gasteiger partial charge in [0.05, 0.1) is 4.92 Å². The van der Waals surface area contributed by atoms with Crippen LogP contribution >= 0.6 is 10.7 Å². The highest BCUT2D eigenvalue weighted by molar-refractivity contribution is 8.13. The molecule has 6 nitrogen and oxygen atoms in total. The van der Waals surface area contributed by atoms with Crippen molar-refractivity contribution in [1.82, 2.24) is 4.98 Å². The van der Waals surface area contributed by atoms with Gasteiger partial charge in [-0.2, -0.15) is 0 Å². The molecule has 94 valence electrons. The summed E-state index contributed by atoms with van der Waals surface area (Å²) in [6.45, 7) is 1.12. The lowest BCUT2D eigenvalue weighted by Gasteiger charge is -2.05. The second kappa shape index (κ2) is 4.49. The fraction of sp³-hybridized carbons (Fsp3) is 0.286. The van der Waals surface area contributed by atoms with E-state index in [9.17, 15) is 27.3 Å². The van der Waals surface area contributed by atoms with Crippen molar-refractivity contribution < 1.29 is 22.1 Å². The first-order valence-electron chi connectivity index (χ1n) is 4.03. The molecule has 10 heteroatoms. The topological polar surface area (TPSA) is 90.2 Å². The number of nitrogens with zero attached hydrogens (tertiary/aromatic N) is 2. The van der Waals surface area contributed by atoms with E-state index < -0.39 is 36.8 Å². The van der Waals surface area contributed by atoms with E-state index in [1.165, 1.54) is 0 Å². The van der Waals surface area contributed by atoms with E-state index in [0.717, 1.165) is 13.0 Å². The molecule has 0 amide bonds. The molecule has 0 aliphatic rings. The Morgan fingerprint density at radius 1 is 1.53 bits per heavy atom. The van der Waals surface area contributed by atoms with Crippen LogP contribution in [0, 0.1) is 17.0 Å². The minimum absolute atomic E-state index is 0.250. The lowest BCUT2D eigenvalue weighted by atomic mass is 10.2. The van der Waals surface area contributed by atoms with E-state index in [-0.39, 0.29) is 5.56 Å². The predicted octanol–water partition coefficient (Wildman–Crippen LogP) is 2.16. The SMILES string of the molecule is Cc1cc(C(F)F)nc(S(=O)(=O)Cl)c1[N+](=O)[O-]. The minimum Gasteiger partial charge on any atom is -0.258 e. The van der Waals surface area contributed by atoms with Gasteiger partial charge in [0.25, 0.3) is 15.5 Å². The molecule has 0 aliphatic carbocycles. The maximum Gasteiger partial charge on any atom is 0.310 e. The number of aryl methyl sites for hydroxylation is 1. The van der Waals surface area contributed by atoms with Gasteiger partial charge in [-0.3, -0.25) is 10.1 Å². The molecule has 17 heavy (non-hydrogen) atoms. The van der Waals surface area contributed by atoms with Crippen molar-refractivity contribution in [3.8, 4) is 0 Å². The van der Waals surface area contributed by atoms with Crippen LogP contribution in [0.4, 0.5) is 14.5 Å². The van der Waals surface area contributed by atoms with Gasteiger partial charge in [-0.05, 0) is 13.0 Å². The lowest BCUT2D eigenvalue weighted by molar-refractivity contribution is -0.388. The van der Waals surface area contributed by atoms with Gasteiger partial charge in [0.1, 0.15) is 5.69 Å². The van der Waals surface area contributed by atoms with E-state index >= 15 is 0 Å². The third-order valence-electron chi connectivity index (χ3n) is 1.81. The Bertz CT molecular complexity index is 575. The molecule has 1 rings (SSSR count). The zero-order chi connectivity index (χ0) is 13.4. The number of hydrogen-bond acceptors (Lipinski definition) is 5. The molecule has 0 radical (unpaired) electrons. The molecule has 1 aromatic heterocycles. The molecule has 0 atom stereocenters. The molecule has 0 aromatic carbocycles. The zero-order valence-electron chi connectivity index (χ0n) is 8.22. The molecule has 1 aromatic rings. The minimum atomic E-state index is -4.57. The van der Waals surface area contributed by atoms with Gasteiger partial charge in [0.15, 0.2) is 0 Å². The van der Waals surface area contributed by atoms with Crippen LogP contribution in [0.1, 0.15) is 17.7 Å². The summed E-state index contributed by atoms with van der Waals surface area (Å²) in [6.07, 6.45) is -3.05. The van der Waals surface area contributed by atoms with E-state index in [0.29, 0.717) is 0 Å². The normalized spacial score (nSPS) is 11.8. The summed E-state index contributed by atoms with van der Waals surface area (Å²) in [5.74, 6) is 0. The van der Waals surface area contributed by atoms with Crippen LogP contribution in [-0.2, 0) is 9.05 Å². The number of pyridine rings is 1. The summed E-state index contributed by atoms with van der Waals surface area (Å²) in [4.78, 5) is 12.6. The molecule has 0 bridgehead atoms. The quantitative estimate of drug-likeness (QED) is 0.482. The Morgan fingerprint density at radius 2 is 2.06 bits per heavy atom. The number of halogens is 3. The highest BCUT2D eigenvalue weighted by Crippen LogP contribution is 2.31. The highest BCUT2D eigenvalue weighted by Gasteiger charge is 2.30. The second-order valence-electron chi connectivity index (χ2n) is 3.01. The number of rotatable bonds is 3. The molecule has 0 saturated carbocycles. The first-order valence-corrected chi connectivity index (χ1v) is 6.34. The standard InChI is InChI=1S/C7H5ClF2N2O4S/c1-3-2-4(6(9)10)11-7(17(8,15)16)5(3)12(13)14/h2,6H,1H3. The Morgan fingerprint density at radius 3 is 2.41 bits per heavy atom. The van der Waals surface area contributed by atoms with Crippen LogP contribution in [0.3, 0.4) is 0 Å². The third-order valence-corrected chi connectivity index (χ3v) is 2.99. The summed E-state index contributed by atoms with van der Waals surface area (Å²) in [5.41, 5.74) is -2.03. The Kier molecular flexibility index (Phi) is 3.62. The fourth-order valence-corrected chi connectivity index (χ4v) is 2.17. The Balaban J connectivity index is 3.69. The number of alkyl halides is 2. The molecule has 0 fully saturated rings. The highest BCUT2D eigenvalue weighted by atomic mass is 35.7. The van der Waals surface area contributed by atoms with Crippen molar-refractivity contribution in [2.45, 2.75) is 18.4 Å². The average molecular weight is 287 g/mol. The van der Waals surface area contributed by atoms with Crippen molar-refractivity contribution in [3.05, 3.63) is 27.4 Å². The zero-order valence-corrected chi connectivity index (χ0v) is 9.80. The van der Waals surface area contributed by atoms with Crippen LogP contribution in [0.15, 0.2) is 11.1 Å². The van der Waals surface area contributed by atoms with Gasteiger partial charge in [0, 0.05) is 16.2 Å². The van der Waals surface area contributed by atoms with Crippen molar-refractivity contribution in [2.75, 3.05) is 0 Å². The van der Waals surface area contributed by atoms with Crippen LogP contribution in [0.5, 0.6) is 0 Å². The first-order chi connectivity index (χ1) is 7.64. The molecular formula is C7H5ClF2N2O4S. The predicted molar refractivity (Wildman–Crippen MR) is 53.6 cm³/mol. The summed E-state index contributed by atoms with van der Waals surface area (Å²) in [5, 5.41) is 9.46. The van der Waals surface area contributed by atoms with Gasteiger partial charge in [-0.1, -0.05) is 0 Å². The molecule has 0 aliphatic heterocycles. The van der Waals surface area contributed by atoms with E-state index in [4.69, 9.17) is 10.7 Å². The van der Waals surface area contributed by atoms with Crippen molar-refractivity contribution >= 4 is 25.4 Å². The van der Waals surface area contributed by atoms with Crippen molar-refractivity contribution in [2.24, 2.45) is 0 Å². The molecule has 0 unspecified atom stereocenters.